The topological polar surface area (TPSA) is 61.1 Å². The average molecular weight is 429 g/mol. The highest BCUT2D eigenvalue weighted by atomic mass is 16.5. The molecule has 0 aliphatic carbocycles. The number of hydrogen-bond donors (Lipinski definition) is 0. The van der Waals surface area contributed by atoms with Crippen molar-refractivity contribution in [1.29, 1.82) is 0 Å². The van der Waals surface area contributed by atoms with Crippen molar-refractivity contribution in [3.63, 3.8) is 0 Å². The van der Waals surface area contributed by atoms with E-state index in [1.807, 2.05) is 55.5 Å². The number of hydrogen-bond acceptors (Lipinski definition) is 6. The summed E-state index contributed by atoms with van der Waals surface area (Å²) in [7, 11) is 3.29. The molecule has 4 aromatic rings. The summed E-state index contributed by atoms with van der Waals surface area (Å²) in [5, 5.41) is 0.877. The maximum atomic E-state index is 12.4. The molecule has 1 aliphatic rings. The van der Waals surface area contributed by atoms with Crippen LogP contribution in [0.25, 0.3) is 22.1 Å². The van der Waals surface area contributed by atoms with E-state index in [4.69, 9.17) is 18.6 Å². The van der Waals surface area contributed by atoms with Crippen LogP contribution in [0.1, 0.15) is 11.1 Å². The molecule has 2 heterocycles. The van der Waals surface area contributed by atoms with Crippen LogP contribution in [-0.4, -0.2) is 21.0 Å². The van der Waals surface area contributed by atoms with E-state index in [0.717, 1.165) is 50.6 Å². The van der Waals surface area contributed by atoms with Crippen LogP contribution in [0.5, 0.6) is 17.2 Å². The van der Waals surface area contributed by atoms with Gasteiger partial charge in [-0.15, -0.1) is 0 Å². The number of fused-ring (bicyclic) bond motifs is 2. The fraction of sp³-hybridized carbons (Fsp3) is 0.192. The molecule has 0 saturated carbocycles. The first kappa shape index (κ1) is 20.0. The molecule has 0 radical (unpaired) electrons. The van der Waals surface area contributed by atoms with E-state index in [1.165, 1.54) is 0 Å². The zero-order valence-electron chi connectivity index (χ0n) is 18.2. The molecule has 162 valence electrons. The van der Waals surface area contributed by atoms with Gasteiger partial charge in [-0.1, -0.05) is 18.2 Å². The Hall–Kier alpha value is -3.93. The third kappa shape index (κ3) is 3.43. The monoisotopic (exact) mass is 429 g/mol. The number of nitrogens with zero attached hydrogens (tertiary/aromatic N) is 1. The molecule has 0 N–H and O–H groups in total. The Morgan fingerprint density at radius 3 is 2.47 bits per heavy atom. The summed E-state index contributed by atoms with van der Waals surface area (Å²) in [5.74, 6) is 2.33. The van der Waals surface area contributed by atoms with Crippen molar-refractivity contribution in [3.05, 3.63) is 82.2 Å². The Morgan fingerprint density at radius 2 is 1.72 bits per heavy atom. The minimum Gasteiger partial charge on any atom is -0.497 e. The first-order valence-electron chi connectivity index (χ1n) is 10.3. The molecule has 0 saturated heterocycles. The second-order valence-corrected chi connectivity index (χ2v) is 7.75. The van der Waals surface area contributed by atoms with Crippen LogP contribution in [0.3, 0.4) is 0 Å². The lowest BCUT2D eigenvalue weighted by molar-refractivity contribution is 0.287. The summed E-state index contributed by atoms with van der Waals surface area (Å²) >= 11 is 0. The largest absolute Gasteiger partial charge is 0.497 e. The van der Waals surface area contributed by atoms with Gasteiger partial charge < -0.3 is 23.5 Å². The highest BCUT2D eigenvalue weighted by molar-refractivity contribution is 5.96. The Bertz CT molecular complexity index is 1360. The molecule has 5 rings (SSSR count). The van der Waals surface area contributed by atoms with Crippen molar-refractivity contribution in [2.24, 2.45) is 0 Å². The van der Waals surface area contributed by atoms with Gasteiger partial charge >= 0.3 is 5.63 Å². The van der Waals surface area contributed by atoms with Crippen molar-refractivity contribution in [3.8, 4) is 28.4 Å². The molecule has 6 heteroatoms. The number of ether oxygens (including phenoxy) is 3. The molecule has 0 atom stereocenters. The van der Waals surface area contributed by atoms with Crippen molar-refractivity contribution >= 4 is 16.7 Å². The van der Waals surface area contributed by atoms with Gasteiger partial charge in [-0.05, 0) is 48.4 Å². The van der Waals surface area contributed by atoms with Crippen LogP contribution in [-0.2, 0) is 6.54 Å². The van der Waals surface area contributed by atoms with Crippen molar-refractivity contribution in [1.82, 2.24) is 0 Å². The SMILES string of the molecule is COc1ccc(-c2cc(=O)oc3c(C)c4c(cc23)CN(c2cccc(OC)c2)CO4)cc1. The highest BCUT2D eigenvalue weighted by Crippen LogP contribution is 2.39. The zero-order chi connectivity index (χ0) is 22.2. The smallest absolute Gasteiger partial charge is 0.336 e. The second-order valence-electron chi connectivity index (χ2n) is 7.75. The quantitative estimate of drug-likeness (QED) is 0.419. The van der Waals surface area contributed by atoms with E-state index in [-0.39, 0.29) is 5.63 Å². The van der Waals surface area contributed by atoms with E-state index in [9.17, 15) is 4.79 Å². The second kappa shape index (κ2) is 7.96. The lowest BCUT2D eigenvalue weighted by Crippen LogP contribution is -2.32. The first-order chi connectivity index (χ1) is 15.6. The lowest BCUT2D eigenvalue weighted by Gasteiger charge is -2.32. The molecular formula is C26H23NO5. The maximum Gasteiger partial charge on any atom is 0.336 e. The molecule has 3 aromatic carbocycles. The van der Waals surface area contributed by atoms with Crippen LogP contribution in [0, 0.1) is 6.92 Å². The van der Waals surface area contributed by atoms with E-state index in [2.05, 4.69) is 11.0 Å². The van der Waals surface area contributed by atoms with Crippen LogP contribution >= 0.6 is 0 Å². The Morgan fingerprint density at radius 1 is 0.938 bits per heavy atom. The zero-order valence-corrected chi connectivity index (χ0v) is 18.2. The number of methoxy groups -OCH3 is 2. The maximum absolute atomic E-state index is 12.4. The van der Waals surface area contributed by atoms with Gasteiger partial charge in [0, 0.05) is 40.9 Å². The highest BCUT2D eigenvalue weighted by Gasteiger charge is 2.24. The minimum absolute atomic E-state index is 0.389. The summed E-state index contributed by atoms with van der Waals surface area (Å²) in [4.78, 5) is 14.5. The summed E-state index contributed by atoms with van der Waals surface area (Å²) in [6.07, 6.45) is 0. The number of aryl methyl sites for hydroxylation is 1. The van der Waals surface area contributed by atoms with Gasteiger partial charge in [0.15, 0.2) is 6.73 Å². The normalized spacial score (nSPS) is 12.9. The van der Waals surface area contributed by atoms with Crippen LogP contribution in [0.2, 0.25) is 0 Å². The van der Waals surface area contributed by atoms with E-state index in [1.54, 1.807) is 20.3 Å². The van der Waals surface area contributed by atoms with E-state index >= 15 is 0 Å². The summed E-state index contributed by atoms with van der Waals surface area (Å²) < 4.78 is 22.4. The number of benzene rings is 3. The molecule has 0 unspecified atom stereocenters. The van der Waals surface area contributed by atoms with Crippen LogP contribution in [0.15, 0.2) is 69.9 Å². The van der Waals surface area contributed by atoms with E-state index in [0.29, 0.717) is 18.9 Å². The van der Waals surface area contributed by atoms with Gasteiger partial charge in [0.05, 0.1) is 14.2 Å². The van der Waals surface area contributed by atoms with Crippen LogP contribution in [0.4, 0.5) is 5.69 Å². The minimum atomic E-state index is -0.389. The molecule has 0 amide bonds. The summed E-state index contributed by atoms with van der Waals surface area (Å²) in [6.45, 7) is 3.00. The van der Waals surface area contributed by atoms with Crippen LogP contribution < -0.4 is 24.7 Å². The molecule has 6 nitrogen and oxygen atoms in total. The fourth-order valence-electron chi connectivity index (χ4n) is 4.20. The van der Waals surface area contributed by atoms with Gasteiger partial charge in [0.1, 0.15) is 22.8 Å². The molecule has 1 aliphatic heterocycles. The summed E-state index contributed by atoms with van der Waals surface area (Å²) in [5.41, 5.74) is 4.79. The molecule has 1 aromatic heterocycles. The van der Waals surface area contributed by atoms with E-state index < -0.39 is 0 Å². The average Bonchev–Trinajstić information content (AvgIpc) is 2.84. The predicted octanol–water partition coefficient (Wildman–Crippen LogP) is 5.14. The molecule has 0 spiro atoms. The van der Waals surface area contributed by atoms with Gasteiger partial charge in [-0.25, -0.2) is 4.79 Å². The third-order valence-electron chi connectivity index (χ3n) is 5.84. The number of rotatable bonds is 4. The molecule has 0 fully saturated rings. The van der Waals surface area contributed by atoms with Gasteiger partial charge in [-0.3, -0.25) is 0 Å². The van der Waals surface area contributed by atoms with Crippen molar-refractivity contribution in [2.75, 3.05) is 25.9 Å². The standard InChI is InChI=1S/C26H23NO5/c1-16-25-18(14-27(15-31-25)19-5-4-6-21(12-19)30-3)11-23-22(13-24(28)32-26(16)23)17-7-9-20(29-2)10-8-17/h4-13H,14-15H2,1-3H3. The predicted molar refractivity (Wildman–Crippen MR) is 124 cm³/mol. The lowest BCUT2D eigenvalue weighted by atomic mass is 9.96. The fourth-order valence-corrected chi connectivity index (χ4v) is 4.20. The molecule has 0 bridgehead atoms. The van der Waals surface area contributed by atoms with Gasteiger partial charge in [0.2, 0.25) is 0 Å². The first-order valence-corrected chi connectivity index (χ1v) is 10.3. The molecule has 32 heavy (non-hydrogen) atoms. The molecular weight excluding hydrogens is 406 g/mol. The third-order valence-corrected chi connectivity index (χ3v) is 5.84. The number of anilines is 1. The van der Waals surface area contributed by atoms with Gasteiger partial charge in [-0.2, -0.15) is 0 Å². The summed E-state index contributed by atoms with van der Waals surface area (Å²) in [6, 6.07) is 19.2. The Labute approximate surface area is 185 Å². The van der Waals surface area contributed by atoms with Gasteiger partial charge in [0.25, 0.3) is 0 Å². The van der Waals surface area contributed by atoms with Crippen molar-refractivity contribution in [2.45, 2.75) is 13.5 Å². The Kier molecular flexibility index (Phi) is 4.98. The van der Waals surface area contributed by atoms with Crippen molar-refractivity contribution < 1.29 is 18.6 Å². The Balaban J connectivity index is 1.63.